The van der Waals surface area contributed by atoms with Crippen LogP contribution in [0.5, 0.6) is 5.75 Å². The summed E-state index contributed by atoms with van der Waals surface area (Å²) in [4.78, 5) is 4.45. The van der Waals surface area contributed by atoms with E-state index in [2.05, 4.69) is 29.0 Å². The maximum Gasteiger partial charge on any atom is 0.167 e. The van der Waals surface area contributed by atoms with E-state index in [-0.39, 0.29) is 11.6 Å². The first-order valence-electron chi connectivity index (χ1n) is 8.08. The molecule has 2 aromatic carbocycles. The van der Waals surface area contributed by atoms with Crippen molar-refractivity contribution in [3.05, 3.63) is 65.2 Å². The fourth-order valence-electron chi connectivity index (χ4n) is 3.25. The van der Waals surface area contributed by atoms with Crippen LogP contribution in [0.3, 0.4) is 0 Å². The summed E-state index contributed by atoms with van der Waals surface area (Å²) in [6.07, 6.45) is 0. The van der Waals surface area contributed by atoms with Crippen LogP contribution in [0.25, 0.3) is 0 Å². The van der Waals surface area contributed by atoms with Gasteiger partial charge in [-0.3, -0.25) is 9.80 Å². The smallest absolute Gasteiger partial charge is 0.167 e. The molecule has 0 aromatic heterocycles. The molecule has 0 spiro atoms. The minimum Gasteiger partial charge on any atom is -0.496 e. The van der Waals surface area contributed by atoms with Gasteiger partial charge in [-0.25, -0.2) is 8.78 Å². The Morgan fingerprint density at radius 3 is 2.54 bits per heavy atom. The molecule has 1 saturated heterocycles. The lowest BCUT2D eigenvalue weighted by molar-refractivity contribution is 0.0889. The van der Waals surface area contributed by atoms with Gasteiger partial charge in [-0.05, 0) is 24.7 Å². The molecule has 0 N–H and O–H groups in total. The van der Waals surface area contributed by atoms with Gasteiger partial charge < -0.3 is 4.74 Å². The van der Waals surface area contributed by atoms with Gasteiger partial charge in [0.1, 0.15) is 5.75 Å². The third-order valence-electron chi connectivity index (χ3n) is 4.67. The predicted octanol–water partition coefficient (Wildman–Crippen LogP) is 3.46. The quantitative estimate of drug-likeness (QED) is 0.853. The Bertz CT molecular complexity index is 693. The molecule has 3 rings (SSSR count). The summed E-state index contributed by atoms with van der Waals surface area (Å²) in [6.45, 7) is 2.78. The number of halogens is 2. The third-order valence-corrected chi connectivity index (χ3v) is 4.67. The fourth-order valence-corrected chi connectivity index (χ4v) is 3.25. The molecular formula is C19H22F2N2O. The minimum absolute atomic E-state index is 0.238. The van der Waals surface area contributed by atoms with Gasteiger partial charge in [0.05, 0.1) is 7.11 Å². The second kappa shape index (κ2) is 7.28. The fraction of sp³-hybridized carbons (Fsp3) is 0.368. The molecular weight excluding hydrogens is 310 g/mol. The van der Waals surface area contributed by atoms with Crippen molar-refractivity contribution in [1.82, 2.24) is 9.80 Å². The summed E-state index contributed by atoms with van der Waals surface area (Å²) < 4.78 is 33.0. The number of hydrogen-bond donors (Lipinski definition) is 0. The summed E-state index contributed by atoms with van der Waals surface area (Å²) in [7, 11) is 3.57. The van der Waals surface area contributed by atoms with E-state index in [1.807, 2.05) is 18.2 Å². The van der Waals surface area contributed by atoms with Crippen LogP contribution in [0.2, 0.25) is 0 Å². The lowest BCUT2D eigenvalue weighted by Crippen LogP contribution is -2.46. The second-order valence-electron chi connectivity index (χ2n) is 6.18. The van der Waals surface area contributed by atoms with Crippen molar-refractivity contribution in [2.24, 2.45) is 0 Å². The van der Waals surface area contributed by atoms with E-state index in [0.717, 1.165) is 25.7 Å². The van der Waals surface area contributed by atoms with Crippen molar-refractivity contribution in [1.29, 1.82) is 0 Å². The van der Waals surface area contributed by atoms with Crippen LogP contribution in [0.15, 0.2) is 42.5 Å². The maximum atomic E-state index is 14.2. The number of piperazine rings is 1. The normalized spacial score (nSPS) is 19.4. The van der Waals surface area contributed by atoms with Gasteiger partial charge in [0.15, 0.2) is 11.6 Å². The number of methoxy groups -OCH3 is 1. The summed E-state index contributed by atoms with van der Waals surface area (Å²) >= 11 is 0. The zero-order chi connectivity index (χ0) is 17.1. The molecule has 0 radical (unpaired) electrons. The zero-order valence-electron chi connectivity index (χ0n) is 14.0. The van der Waals surface area contributed by atoms with E-state index in [4.69, 9.17) is 4.74 Å². The first-order valence-corrected chi connectivity index (χ1v) is 8.08. The number of benzene rings is 2. The first kappa shape index (κ1) is 16.9. The summed E-state index contributed by atoms with van der Waals surface area (Å²) in [5.74, 6) is -1.26. The molecule has 0 amide bonds. The average molecular weight is 332 g/mol. The van der Waals surface area contributed by atoms with Gasteiger partial charge in [-0.2, -0.15) is 0 Å². The first-order chi connectivity index (χ1) is 11.6. The molecule has 5 heteroatoms. The standard InChI is InChI=1S/C19H22F2N2O/c1-22-10-11-23(13-17(22)14-6-4-3-5-7-14)12-15-18(24-2)9-8-16(20)19(15)21/h3-9,17H,10-13H2,1-2H3/t17-/m1/s1. The van der Waals surface area contributed by atoms with Gasteiger partial charge in [0, 0.05) is 37.8 Å². The number of ether oxygens (including phenoxy) is 1. The summed E-state index contributed by atoms with van der Waals surface area (Å²) in [6, 6.07) is 13.1. The van der Waals surface area contributed by atoms with E-state index in [1.54, 1.807) is 0 Å². The molecule has 3 nitrogen and oxygen atoms in total. The molecule has 0 unspecified atom stereocenters. The highest BCUT2D eigenvalue weighted by Crippen LogP contribution is 2.29. The van der Waals surface area contributed by atoms with Crippen molar-refractivity contribution in [2.45, 2.75) is 12.6 Å². The largest absolute Gasteiger partial charge is 0.496 e. The molecule has 0 saturated carbocycles. The Hall–Kier alpha value is -1.98. The summed E-state index contributed by atoms with van der Waals surface area (Å²) in [5, 5.41) is 0. The van der Waals surface area contributed by atoms with Gasteiger partial charge >= 0.3 is 0 Å². The molecule has 1 aliphatic rings. The highest BCUT2D eigenvalue weighted by Gasteiger charge is 2.27. The SMILES string of the molecule is COc1ccc(F)c(F)c1CN1CCN(C)[C@@H](c2ccccc2)C1. The molecule has 2 aromatic rings. The van der Waals surface area contributed by atoms with Crippen LogP contribution in [-0.2, 0) is 6.54 Å². The predicted molar refractivity (Wildman–Crippen MR) is 90.0 cm³/mol. The highest BCUT2D eigenvalue weighted by atomic mass is 19.2. The molecule has 1 atom stereocenters. The lowest BCUT2D eigenvalue weighted by atomic mass is 10.0. The van der Waals surface area contributed by atoms with Gasteiger partial charge in [-0.15, -0.1) is 0 Å². The van der Waals surface area contributed by atoms with E-state index in [1.165, 1.54) is 18.7 Å². The molecule has 1 heterocycles. The van der Waals surface area contributed by atoms with Crippen LogP contribution >= 0.6 is 0 Å². The Kier molecular flexibility index (Phi) is 5.11. The number of nitrogens with zero attached hydrogens (tertiary/aromatic N) is 2. The maximum absolute atomic E-state index is 14.2. The number of likely N-dealkylation sites (N-methyl/N-ethyl adjacent to an activating group) is 1. The Morgan fingerprint density at radius 1 is 1.08 bits per heavy atom. The molecule has 24 heavy (non-hydrogen) atoms. The molecule has 0 bridgehead atoms. The van der Waals surface area contributed by atoms with Crippen molar-refractivity contribution >= 4 is 0 Å². The van der Waals surface area contributed by atoms with Crippen molar-refractivity contribution in [3.8, 4) is 5.75 Å². The molecule has 0 aliphatic carbocycles. The van der Waals surface area contributed by atoms with E-state index < -0.39 is 11.6 Å². The van der Waals surface area contributed by atoms with E-state index >= 15 is 0 Å². The Balaban J connectivity index is 1.80. The van der Waals surface area contributed by atoms with Crippen molar-refractivity contribution in [2.75, 3.05) is 33.8 Å². The third kappa shape index (κ3) is 3.42. The Labute approximate surface area is 141 Å². The van der Waals surface area contributed by atoms with E-state index in [0.29, 0.717) is 12.3 Å². The van der Waals surface area contributed by atoms with E-state index in [9.17, 15) is 8.78 Å². The Morgan fingerprint density at radius 2 is 1.83 bits per heavy atom. The van der Waals surface area contributed by atoms with Crippen molar-refractivity contribution in [3.63, 3.8) is 0 Å². The average Bonchev–Trinajstić information content (AvgIpc) is 2.61. The topological polar surface area (TPSA) is 15.7 Å². The van der Waals surface area contributed by atoms with Crippen LogP contribution < -0.4 is 4.74 Å². The van der Waals surface area contributed by atoms with Gasteiger partial charge in [0.2, 0.25) is 0 Å². The monoisotopic (exact) mass is 332 g/mol. The van der Waals surface area contributed by atoms with Crippen LogP contribution in [-0.4, -0.2) is 43.6 Å². The minimum atomic E-state index is -0.834. The second-order valence-corrected chi connectivity index (χ2v) is 6.18. The van der Waals surface area contributed by atoms with Crippen LogP contribution in [0.1, 0.15) is 17.2 Å². The number of rotatable bonds is 4. The van der Waals surface area contributed by atoms with Crippen LogP contribution in [0.4, 0.5) is 8.78 Å². The molecule has 1 aliphatic heterocycles. The van der Waals surface area contributed by atoms with Gasteiger partial charge in [0.25, 0.3) is 0 Å². The summed E-state index contributed by atoms with van der Waals surface area (Å²) in [5.41, 5.74) is 1.52. The molecule has 128 valence electrons. The van der Waals surface area contributed by atoms with Gasteiger partial charge in [-0.1, -0.05) is 30.3 Å². The zero-order valence-corrected chi connectivity index (χ0v) is 14.0. The highest BCUT2D eigenvalue weighted by molar-refractivity contribution is 5.35. The lowest BCUT2D eigenvalue weighted by Gasteiger charge is -2.40. The molecule has 1 fully saturated rings. The number of hydrogen-bond acceptors (Lipinski definition) is 3. The van der Waals surface area contributed by atoms with Crippen molar-refractivity contribution < 1.29 is 13.5 Å². The van der Waals surface area contributed by atoms with Crippen LogP contribution in [0, 0.1) is 11.6 Å².